The van der Waals surface area contributed by atoms with E-state index < -0.39 is 0 Å². The Morgan fingerprint density at radius 2 is 0.568 bits per heavy atom. The highest BCUT2D eigenvalue weighted by Crippen LogP contribution is 2.16. The molecule has 1 heterocycles. The molecular weight excluding hydrogens is 530 g/mol. The smallest absolute Gasteiger partial charge is 0.171 e. The van der Waals surface area contributed by atoms with Gasteiger partial charge in [-0.2, -0.15) is 0 Å². The van der Waals surface area contributed by atoms with Gasteiger partial charge in [-0.05, 0) is 38.2 Å². The number of nitrogens with zero attached hydrogens (tertiary/aromatic N) is 1. The number of hydrogen-bond acceptors (Lipinski definition) is 0. The summed E-state index contributed by atoms with van der Waals surface area (Å²) in [5.41, 5.74) is 3.21. The highest BCUT2D eigenvalue weighted by molar-refractivity contribution is 5.15. The Morgan fingerprint density at radius 1 is 0.318 bits per heavy atom. The first-order chi connectivity index (χ1) is 21.8. The van der Waals surface area contributed by atoms with E-state index >= 15 is 0 Å². The molecule has 0 radical (unpaired) electrons. The summed E-state index contributed by atoms with van der Waals surface area (Å²) in [7, 11) is 0. The molecule has 1 aromatic rings. The van der Waals surface area contributed by atoms with Crippen molar-refractivity contribution in [3.05, 3.63) is 29.6 Å². The molecule has 0 aliphatic heterocycles. The monoisotopic (exact) mass is 613 g/mol. The first-order valence-corrected chi connectivity index (χ1v) is 20.8. The highest BCUT2D eigenvalue weighted by atomic mass is 14.9. The van der Waals surface area contributed by atoms with Crippen molar-refractivity contribution in [1.82, 2.24) is 0 Å². The molecule has 0 fully saturated rings. The predicted octanol–water partition coefficient (Wildman–Crippen LogP) is 14.6. The van der Waals surface area contributed by atoms with Crippen molar-refractivity contribution < 1.29 is 4.57 Å². The van der Waals surface area contributed by atoms with Crippen molar-refractivity contribution in [3.8, 4) is 0 Å². The van der Waals surface area contributed by atoms with Gasteiger partial charge in [-0.1, -0.05) is 201 Å². The summed E-state index contributed by atoms with van der Waals surface area (Å²) in [6, 6.07) is 2.57. The van der Waals surface area contributed by atoms with Gasteiger partial charge in [-0.15, -0.1) is 0 Å². The first kappa shape index (κ1) is 41.2. The zero-order chi connectivity index (χ0) is 31.6. The van der Waals surface area contributed by atoms with Crippen LogP contribution in [0, 0.1) is 0 Å². The lowest BCUT2D eigenvalue weighted by Gasteiger charge is -2.07. The summed E-state index contributed by atoms with van der Waals surface area (Å²) in [5.74, 6) is 0. The summed E-state index contributed by atoms with van der Waals surface area (Å²) in [6.45, 7) is 8.16. The second-order valence-corrected chi connectivity index (χ2v) is 14.5. The van der Waals surface area contributed by atoms with Crippen molar-refractivity contribution in [1.29, 1.82) is 0 Å². The Hall–Kier alpha value is -0.850. The molecule has 0 saturated carbocycles. The minimum atomic E-state index is 1.22. The molecule has 0 spiro atoms. The van der Waals surface area contributed by atoms with Gasteiger partial charge in [0.2, 0.25) is 0 Å². The third kappa shape index (κ3) is 27.5. The molecule has 0 N–H and O–H groups in total. The Bertz CT molecular complexity index is 654. The van der Waals surface area contributed by atoms with Gasteiger partial charge in [0, 0.05) is 17.5 Å². The molecule has 0 unspecified atom stereocenters. The topological polar surface area (TPSA) is 3.88 Å². The van der Waals surface area contributed by atoms with Crippen molar-refractivity contribution in [2.75, 3.05) is 0 Å². The van der Waals surface area contributed by atoms with Gasteiger partial charge in [0.15, 0.2) is 12.4 Å². The second kappa shape index (κ2) is 33.5. The molecule has 0 atom stereocenters. The third-order valence-electron chi connectivity index (χ3n) is 9.94. The van der Waals surface area contributed by atoms with Gasteiger partial charge in [0.05, 0.1) is 0 Å². The molecule has 0 saturated heterocycles. The fourth-order valence-electron chi connectivity index (χ4n) is 6.95. The summed E-state index contributed by atoms with van der Waals surface area (Å²) >= 11 is 0. The molecule has 258 valence electrons. The number of aromatic nitrogens is 1. The molecule has 0 aliphatic rings. The predicted molar refractivity (Wildman–Crippen MR) is 199 cm³/mol. The van der Waals surface area contributed by atoms with Crippen LogP contribution in [0.25, 0.3) is 0 Å². The fourth-order valence-corrected chi connectivity index (χ4v) is 6.95. The zero-order valence-corrected chi connectivity index (χ0v) is 30.9. The molecule has 1 heteroatoms. The van der Waals surface area contributed by atoms with E-state index in [1.54, 1.807) is 11.1 Å². The molecule has 44 heavy (non-hydrogen) atoms. The SMILES string of the molecule is CCCCCCCCCCCCCCCC[n+]1cc(CCCCCCCCCCC)cc(CCCCCCCCCCC)c1. The van der Waals surface area contributed by atoms with Crippen LogP contribution in [-0.4, -0.2) is 0 Å². The minimum Gasteiger partial charge on any atom is -0.205 e. The van der Waals surface area contributed by atoms with Gasteiger partial charge in [-0.25, -0.2) is 4.57 Å². The van der Waals surface area contributed by atoms with E-state index in [0.29, 0.717) is 0 Å². The van der Waals surface area contributed by atoms with E-state index in [-0.39, 0.29) is 0 Å². The van der Waals surface area contributed by atoms with Crippen LogP contribution in [0.15, 0.2) is 18.5 Å². The van der Waals surface area contributed by atoms with Gasteiger partial charge in [-0.3, -0.25) is 0 Å². The minimum absolute atomic E-state index is 1.22. The Morgan fingerprint density at radius 3 is 0.864 bits per heavy atom. The molecule has 0 aliphatic carbocycles. The Labute approximate surface area is 279 Å². The average Bonchev–Trinajstić information content (AvgIpc) is 3.03. The van der Waals surface area contributed by atoms with Crippen LogP contribution < -0.4 is 4.57 Å². The number of aryl methyl sites for hydroxylation is 3. The summed E-state index contributed by atoms with van der Waals surface area (Å²) in [5, 5.41) is 0. The maximum absolute atomic E-state index is 2.58. The molecule has 0 aromatic carbocycles. The van der Waals surface area contributed by atoms with Gasteiger partial charge in [0.1, 0.15) is 6.54 Å². The molecule has 1 nitrogen and oxygen atoms in total. The number of unbranched alkanes of at least 4 members (excludes halogenated alkanes) is 29. The molecule has 1 rings (SSSR count). The lowest BCUT2D eigenvalue weighted by molar-refractivity contribution is -0.698. The van der Waals surface area contributed by atoms with Crippen molar-refractivity contribution >= 4 is 0 Å². The number of pyridine rings is 1. The van der Waals surface area contributed by atoms with Gasteiger partial charge < -0.3 is 0 Å². The maximum Gasteiger partial charge on any atom is 0.171 e. The van der Waals surface area contributed by atoms with E-state index in [1.807, 2.05) is 0 Å². The average molecular weight is 613 g/mol. The van der Waals surface area contributed by atoms with Crippen LogP contribution in [0.5, 0.6) is 0 Å². The summed E-state index contributed by atoms with van der Waals surface area (Å²) < 4.78 is 2.58. The van der Waals surface area contributed by atoms with Crippen molar-refractivity contribution in [2.45, 2.75) is 246 Å². The van der Waals surface area contributed by atoms with Crippen molar-refractivity contribution in [3.63, 3.8) is 0 Å². The zero-order valence-electron chi connectivity index (χ0n) is 30.9. The first-order valence-electron chi connectivity index (χ1n) is 20.8. The Kier molecular flexibility index (Phi) is 31.4. The van der Waals surface area contributed by atoms with E-state index in [9.17, 15) is 0 Å². The van der Waals surface area contributed by atoms with E-state index in [2.05, 4.69) is 43.8 Å². The van der Waals surface area contributed by atoms with E-state index in [1.165, 1.54) is 225 Å². The number of rotatable bonds is 35. The van der Waals surface area contributed by atoms with Crippen LogP contribution in [0.4, 0.5) is 0 Å². The third-order valence-corrected chi connectivity index (χ3v) is 9.94. The molecule has 0 amide bonds. The van der Waals surface area contributed by atoms with Crippen LogP contribution in [0.2, 0.25) is 0 Å². The quantitative estimate of drug-likeness (QED) is 0.0530. The van der Waals surface area contributed by atoms with Gasteiger partial charge >= 0.3 is 0 Å². The largest absolute Gasteiger partial charge is 0.205 e. The van der Waals surface area contributed by atoms with E-state index in [4.69, 9.17) is 0 Å². The number of hydrogen-bond donors (Lipinski definition) is 0. The molecular formula is C43H82N+. The Balaban J connectivity index is 2.30. The molecule has 0 bridgehead atoms. The van der Waals surface area contributed by atoms with Crippen LogP contribution >= 0.6 is 0 Å². The van der Waals surface area contributed by atoms with Crippen LogP contribution in [0.1, 0.15) is 237 Å². The van der Waals surface area contributed by atoms with Gasteiger partial charge in [0.25, 0.3) is 0 Å². The highest BCUT2D eigenvalue weighted by Gasteiger charge is 2.09. The molecule has 1 aromatic heterocycles. The summed E-state index contributed by atoms with van der Waals surface area (Å²) in [6.07, 6.45) is 53.3. The van der Waals surface area contributed by atoms with E-state index in [0.717, 1.165) is 0 Å². The van der Waals surface area contributed by atoms with Crippen LogP contribution in [0.3, 0.4) is 0 Å². The fraction of sp³-hybridized carbons (Fsp3) is 0.884. The standard InChI is InChI=1S/C43H82N/c1-4-7-10-13-16-19-20-21-22-23-26-29-32-35-38-44-40-42(36-33-30-27-24-17-14-11-8-5-2)39-43(41-44)37-34-31-28-25-18-15-12-9-6-3/h39-41H,4-38H2,1-3H3/q+1. The lowest BCUT2D eigenvalue weighted by Crippen LogP contribution is -2.34. The second-order valence-electron chi connectivity index (χ2n) is 14.5. The normalized spacial score (nSPS) is 11.5. The van der Waals surface area contributed by atoms with Crippen LogP contribution in [-0.2, 0) is 19.4 Å². The summed E-state index contributed by atoms with van der Waals surface area (Å²) in [4.78, 5) is 0. The lowest BCUT2D eigenvalue weighted by atomic mass is 10.0. The van der Waals surface area contributed by atoms with Crippen molar-refractivity contribution in [2.24, 2.45) is 0 Å². The maximum atomic E-state index is 2.58.